The molecule has 4 aromatic rings. The molecule has 0 saturated carbocycles. The van der Waals surface area contributed by atoms with Crippen molar-refractivity contribution < 1.29 is 9.90 Å². The Bertz CT molecular complexity index is 1320. The van der Waals surface area contributed by atoms with Crippen LogP contribution in [0.25, 0.3) is 22.0 Å². The second-order valence-corrected chi connectivity index (χ2v) is 9.13. The fourth-order valence-electron chi connectivity index (χ4n) is 5.06. The fraction of sp³-hybridized carbons (Fsp3) is 0.276. The zero-order valence-corrected chi connectivity index (χ0v) is 19.4. The van der Waals surface area contributed by atoms with Crippen LogP contribution in [0.3, 0.4) is 0 Å². The number of hydrogen-bond acceptors (Lipinski definition) is 4. The predicted molar refractivity (Wildman–Crippen MR) is 135 cm³/mol. The normalized spacial score (nSPS) is 16.6. The van der Waals surface area contributed by atoms with E-state index in [1.807, 2.05) is 24.5 Å². The van der Waals surface area contributed by atoms with Gasteiger partial charge >= 0.3 is 5.97 Å². The predicted octanol–water partition coefficient (Wildman–Crippen LogP) is 5.64. The third kappa shape index (κ3) is 4.57. The zero-order chi connectivity index (χ0) is 23.5. The van der Waals surface area contributed by atoms with Crippen molar-refractivity contribution in [2.75, 3.05) is 6.54 Å². The van der Waals surface area contributed by atoms with Gasteiger partial charge in [-0.15, -0.1) is 0 Å². The molecule has 1 saturated heterocycles. The number of carboxylic acid groups (broad SMARTS) is 1. The van der Waals surface area contributed by atoms with E-state index in [4.69, 9.17) is 4.98 Å². The minimum atomic E-state index is -0.729. The minimum absolute atomic E-state index is 0.405. The van der Waals surface area contributed by atoms with Gasteiger partial charge in [-0.25, -0.2) is 0 Å². The molecule has 1 aliphatic rings. The Morgan fingerprint density at radius 3 is 2.74 bits per heavy atom. The van der Waals surface area contributed by atoms with E-state index in [0.717, 1.165) is 41.5 Å². The van der Waals surface area contributed by atoms with Gasteiger partial charge < -0.3 is 5.11 Å². The molecule has 1 atom stereocenters. The Hall–Kier alpha value is -3.57. The molecule has 2 aromatic carbocycles. The van der Waals surface area contributed by atoms with Gasteiger partial charge in [-0.3, -0.25) is 19.7 Å². The largest absolute Gasteiger partial charge is 0.480 e. The van der Waals surface area contributed by atoms with E-state index >= 15 is 0 Å². The second kappa shape index (κ2) is 9.74. The van der Waals surface area contributed by atoms with Gasteiger partial charge in [0.2, 0.25) is 0 Å². The van der Waals surface area contributed by atoms with Crippen molar-refractivity contribution >= 4 is 16.9 Å². The van der Waals surface area contributed by atoms with Gasteiger partial charge in [0, 0.05) is 30.7 Å². The van der Waals surface area contributed by atoms with Crippen LogP contribution in [-0.4, -0.2) is 38.5 Å². The summed E-state index contributed by atoms with van der Waals surface area (Å²) >= 11 is 0. The molecular weight excluding hydrogens is 422 g/mol. The number of carbonyl (C=O) groups is 1. The lowest BCUT2D eigenvalue weighted by Gasteiger charge is -2.32. The topological polar surface area (TPSA) is 66.3 Å². The summed E-state index contributed by atoms with van der Waals surface area (Å²) in [6.07, 6.45) is 7.17. The third-order valence-electron chi connectivity index (χ3n) is 6.90. The van der Waals surface area contributed by atoms with Gasteiger partial charge in [-0.05, 0) is 66.3 Å². The maximum Gasteiger partial charge on any atom is 0.320 e. The maximum absolute atomic E-state index is 11.7. The highest BCUT2D eigenvalue weighted by Crippen LogP contribution is 2.28. The molecule has 5 rings (SSSR count). The highest BCUT2D eigenvalue weighted by atomic mass is 16.4. The summed E-state index contributed by atoms with van der Waals surface area (Å²) in [6.45, 7) is 3.59. The fourth-order valence-corrected chi connectivity index (χ4v) is 5.06. The average Bonchev–Trinajstić information content (AvgIpc) is 2.86. The number of nitrogens with zero attached hydrogens (tertiary/aromatic N) is 3. The number of fused-ring (bicyclic) bond motifs is 1. The van der Waals surface area contributed by atoms with E-state index in [1.165, 1.54) is 22.3 Å². The third-order valence-corrected chi connectivity index (χ3v) is 6.90. The summed E-state index contributed by atoms with van der Waals surface area (Å²) < 4.78 is 0. The molecule has 172 valence electrons. The molecule has 0 radical (unpaired) electrons. The maximum atomic E-state index is 11.7. The summed E-state index contributed by atoms with van der Waals surface area (Å²) in [5, 5.41) is 10.6. The van der Waals surface area contributed by atoms with Gasteiger partial charge in [-0.1, -0.05) is 55.0 Å². The number of rotatable bonds is 6. The Kier molecular flexibility index (Phi) is 6.37. The molecule has 1 unspecified atom stereocenters. The number of likely N-dealkylation sites (tertiary alicyclic amines) is 1. The van der Waals surface area contributed by atoms with Gasteiger partial charge in [0.15, 0.2) is 0 Å². The molecule has 1 N–H and O–H groups in total. The van der Waals surface area contributed by atoms with Crippen LogP contribution < -0.4 is 0 Å². The van der Waals surface area contributed by atoms with E-state index in [2.05, 4.69) is 65.3 Å². The lowest BCUT2D eigenvalue weighted by molar-refractivity contribution is -0.144. The standard InChI is InChI=1S/C29H29N3O2/c1-20-23(10-7-11-25(20)22-8-3-2-4-9-22)17-26-28-24(13-14-30-26)16-21(18-31-28)19-32-15-6-5-12-27(32)29(33)34/h2-4,7-11,13-14,16,18,27H,5-6,12,15,17,19H2,1H3,(H,33,34). The lowest BCUT2D eigenvalue weighted by Crippen LogP contribution is -2.44. The summed E-state index contributed by atoms with van der Waals surface area (Å²) in [5.41, 5.74) is 7.86. The summed E-state index contributed by atoms with van der Waals surface area (Å²) in [6, 6.07) is 20.6. The molecule has 1 fully saturated rings. The van der Waals surface area contributed by atoms with E-state index in [9.17, 15) is 9.90 Å². The first-order valence-electron chi connectivity index (χ1n) is 11.9. The van der Waals surface area contributed by atoms with Crippen LogP contribution in [0.2, 0.25) is 0 Å². The van der Waals surface area contributed by atoms with Gasteiger partial charge in [0.25, 0.3) is 0 Å². The van der Waals surface area contributed by atoms with Gasteiger partial charge in [-0.2, -0.15) is 0 Å². The first-order valence-corrected chi connectivity index (χ1v) is 11.9. The van der Waals surface area contributed by atoms with Crippen molar-refractivity contribution in [3.8, 4) is 11.1 Å². The van der Waals surface area contributed by atoms with Crippen molar-refractivity contribution in [2.45, 2.75) is 45.2 Å². The number of carboxylic acids is 1. The van der Waals surface area contributed by atoms with Crippen LogP contribution in [0.1, 0.15) is 41.6 Å². The first-order chi connectivity index (χ1) is 16.6. The number of benzene rings is 2. The van der Waals surface area contributed by atoms with Crippen molar-refractivity contribution in [3.63, 3.8) is 0 Å². The molecule has 5 nitrogen and oxygen atoms in total. The average molecular weight is 452 g/mol. The SMILES string of the molecule is Cc1c(Cc2nccc3cc(CN4CCCCC4C(=O)O)cnc23)cccc1-c1ccccc1. The van der Waals surface area contributed by atoms with E-state index in [0.29, 0.717) is 19.4 Å². The molecule has 0 aliphatic carbocycles. The minimum Gasteiger partial charge on any atom is -0.480 e. The second-order valence-electron chi connectivity index (χ2n) is 9.13. The Balaban J connectivity index is 1.42. The Morgan fingerprint density at radius 1 is 1.06 bits per heavy atom. The number of hydrogen-bond donors (Lipinski definition) is 1. The van der Waals surface area contributed by atoms with E-state index in [-0.39, 0.29) is 0 Å². The Morgan fingerprint density at radius 2 is 1.91 bits per heavy atom. The quantitative estimate of drug-likeness (QED) is 0.411. The summed E-state index contributed by atoms with van der Waals surface area (Å²) in [7, 11) is 0. The molecule has 0 amide bonds. The van der Waals surface area contributed by atoms with Crippen LogP contribution in [0.4, 0.5) is 0 Å². The molecule has 2 aromatic heterocycles. The monoisotopic (exact) mass is 451 g/mol. The zero-order valence-electron chi connectivity index (χ0n) is 19.4. The van der Waals surface area contributed by atoms with Gasteiger partial charge in [0.05, 0.1) is 11.2 Å². The van der Waals surface area contributed by atoms with Crippen molar-refractivity contribution in [3.05, 3.63) is 95.4 Å². The highest BCUT2D eigenvalue weighted by Gasteiger charge is 2.28. The molecule has 5 heteroatoms. The van der Waals surface area contributed by atoms with Crippen LogP contribution in [-0.2, 0) is 17.8 Å². The van der Waals surface area contributed by atoms with Crippen LogP contribution in [0, 0.1) is 6.92 Å². The number of aromatic nitrogens is 2. The van der Waals surface area contributed by atoms with Gasteiger partial charge in [0.1, 0.15) is 6.04 Å². The van der Waals surface area contributed by atoms with Crippen LogP contribution >= 0.6 is 0 Å². The number of piperidine rings is 1. The van der Waals surface area contributed by atoms with E-state index in [1.54, 1.807) is 0 Å². The molecule has 3 heterocycles. The molecule has 34 heavy (non-hydrogen) atoms. The van der Waals surface area contributed by atoms with Crippen molar-refractivity contribution in [1.82, 2.24) is 14.9 Å². The number of aliphatic carboxylic acids is 1. The smallest absolute Gasteiger partial charge is 0.320 e. The first kappa shape index (κ1) is 22.2. The molecular formula is C29H29N3O2. The summed E-state index contributed by atoms with van der Waals surface area (Å²) in [4.78, 5) is 23.2. The lowest BCUT2D eigenvalue weighted by atomic mass is 9.94. The molecule has 0 bridgehead atoms. The molecule has 1 aliphatic heterocycles. The van der Waals surface area contributed by atoms with E-state index < -0.39 is 12.0 Å². The van der Waals surface area contributed by atoms with Crippen molar-refractivity contribution in [1.29, 1.82) is 0 Å². The van der Waals surface area contributed by atoms with Crippen LogP contribution in [0.5, 0.6) is 0 Å². The summed E-state index contributed by atoms with van der Waals surface area (Å²) in [5.74, 6) is -0.729. The van der Waals surface area contributed by atoms with Crippen LogP contribution in [0.15, 0.2) is 73.1 Å². The highest BCUT2D eigenvalue weighted by molar-refractivity contribution is 5.81. The number of pyridine rings is 2. The Labute approximate surface area is 200 Å². The molecule has 0 spiro atoms. The van der Waals surface area contributed by atoms with Crippen molar-refractivity contribution in [2.24, 2.45) is 0 Å².